The predicted molar refractivity (Wildman–Crippen MR) is 110 cm³/mol. The van der Waals surface area contributed by atoms with E-state index in [4.69, 9.17) is 4.98 Å². The van der Waals surface area contributed by atoms with E-state index in [1.807, 2.05) is 0 Å². The maximum absolute atomic E-state index is 5.05. The zero-order valence-electron chi connectivity index (χ0n) is 16.9. The molecule has 0 spiro atoms. The van der Waals surface area contributed by atoms with Crippen LogP contribution in [-0.4, -0.2) is 27.5 Å². The minimum atomic E-state index is 0.844. The fourth-order valence-electron chi connectivity index (χ4n) is 4.13. The molecule has 1 unspecified atom stereocenters. The van der Waals surface area contributed by atoms with Gasteiger partial charge in [0.1, 0.15) is 5.82 Å². The molecule has 0 bridgehead atoms. The first kappa shape index (κ1) is 19.2. The van der Waals surface area contributed by atoms with Gasteiger partial charge in [-0.1, -0.05) is 69.9 Å². The second-order valence-corrected chi connectivity index (χ2v) is 7.85. The lowest BCUT2D eigenvalue weighted by atomic mass is 9.99. The molecule has 2 heterocycles. The molecule has 3 rings (SSSR count). The van der Waals surface area contributed by atoms with Gasteiger partial charge in [0, 0.05) is 37.3 Å². The summed E-state index contributed by atoms with van der Waals surface area (Å²) in [5.41, 5.74) is 3.99. The van der Waals surface area contributed by atoms with Crippen molar-refractivity contribution in [2.75, 3.05) is 13.1 Å². The molecule has 1 aliphatic rings. The SMILES string of the molecule is CCCCCC(C)CCN1CCc2c(nc(-c3ccccc3)n2CC)C1. The van der Waals surface area contributed by atoms with E-state index in [9.17, 15) is 0 Å². The van der Waals surface area contributed by atoms with E-state index in [0.717, 1.165) is 31.3 Å². The summed E-state index contributed by atoms with van der Waals surface area (Å²) in [6.07, 6.45) is 7.94. The third-order valence-corrected chi connectivity index (χ3v) is 5.78. The minimum Gasteiger partial charge on any atom is -0.328 e. The van der Waals surface area contributed by atoms with E-state index >= 15 is 0 Å². The van der Waals surface area contributed by atoms with Crippen LogP contribution in [0.3, 0.4) is 0 Å². The molecule has 0 radical (unpaired) electrons. The first-order valence-corrected chi connectivity index (χ1v) is 10.6. The quantitative estimate of drug-likeness (QED) is 0.552. The largest absolute Gasteiger partial charge is 0.328 e. The van der Waals surface area contributed by atoms with Crippen LogP contribution in [0.2, 0.25) is 0 Å². The summed E-state index contributed by atoms with van der Waals surface area (Å²) in [7, 11) is 0. The molecule has 0 saturated heterocycles. The maximum Gasteiger partial charge on any atom is 0.140 e. The average molecular weight is 354 g/mol. The molecule has 1 aromatic heterocycles. The molecule has 0 amide bonds. The van der Waals surface area contributed by atoms with Crippen molar-refractivity contribution < 1.29 is 0 Å². The summed E-state index contributed by atoms with van der Waals surface area (Å²) in [5, 5.41) is 0. The molecule has 0 fully saturated rings. The molecule has 1 atom stereocenters. The molecule has 2 aromatic rings. The van der Waals surface area contributed by atoms with Gasteiger partial charge in [-0.3, -0.25) is 4.90 Å². The molecule has 0 saturated carbocycles. The minimum absolute atomic E-state index is 0.844. The molecule has 1 aromatic carbocycles. The van der Waals surface area contributed by atoms with Crippen LogP contribution in [0.4, 0.5) is 0 Å². The van der Waals surface area contributed by atoms with Crippen LogP contribution in [-0.2, 0) is 19.5 Å². The number of fused-ring (bicyclic) bond motifs is 1. The topological polar surface area (TPSA) is 21.1 Å². The summed E-state index contributed by atoms with van der Waals surface area (Å²) >= 11 is 0. The van der Waals surface area contributed by atoms with Crippen molar-refractivity contribution in [3.8, 4) is 11.4 Å². The van der Waals surface area contributed by atoms with Crippen molar-refractivity contribution in [1.29, 1.82) is 0 Å². The van der Waals surface area contributed by atoms with Crippen LogP contribution in [0.5, 0.6) is 0 Å². The van der Waals surface area contributed by atoms with Gasteiger partial charge in [-0.05, 0) is 25.8 Å². The molecule has 142 valence electrons. The molecular weight excluding hydrogens is 318 g/mol. The highest BCUT2D eigenvalue weighted by molar-refractivity contribution is 5.57. The van der Waals surface area contributed by atoms with Gasteiger partial charge >= 0.3 is 0 Å². The molecule has 1 aliphatic heterocycles. The number of rotatable bonds is 9. The van der Waals surface area contributed by atoms with Gasteiger partial charge < -0.3 is 4.57 Å². The van der Waals surface area contributed by atoms with Crippen LogP contribution in [0.15, 0.2) is 30.3 Å². The Kier molecular flexibility index (Phi) is 6.90. The van der Waals surface area contributed by atoms with Gasteiger partial charge in [0.15, 0.2) is 0 Å². The Morgan fingerprint density at radius 1 is 1.08 bits per heavy atom. The summed E-state index contributed by atoms with van der Waals surface area (Å²) in [5.74, 6) is 1.99. The van der Waals surface area contributed by atoms with E-state index in [-0.39, 0.29) is 0 Å². The van der Waals surface area contributed by atoms with Gasteiger partial charge in [0.25, 0.3) is 0 Å². The summed E-state index contributed by atoms with van der Waals surface area (Å²) < 4.78 is 2.43. The fourth-order valence-corrected chi connectivity index (χ4v) is 4.13. The second-order valence-electron chi connectivity index (χ2n) is 7.85. The van der Waals surface area contributed by atoms with E-state index in [1.165, 1.54) is 62.1 Å². The lowest BCUT2D eigenvalue weighted by molar-refractivity contribution is 0.228. The van der Waals surface area contributed by atoms with Crippen LogP contribution in [0.1, 0.15) is 64.3 Å². The third kappa shape index (κ3) is 4.56. The van der Waals surface area contributed by atoms with Crippen molar-refractivity contribution in [2.24, 2.45) is 5.92 Å². The van der Waals surface area contributed by atoms with Crippen molar-refractivity contribution in [3.05, 3.63) is 41.7 Å². The lowest BCUT2D eigenvalue weighted by Gasteiger charge is -2.28. The smallest absolute Gasteiger partial charge is 0.140 e. The third-order valence-electron chi connectivity index (χ3n) is 5.78. The molecule has 26 heavy (non-hydrogen) atoms. The molecule has 3 heteroatoms. The molecule has 3 nitrogen and oxygen atoms in total. The Morgan fingerprint density at radius 3 is 2.62 bits per heavy atom. The summed E-state index contributed by atoms with van der Waals surface area (Å²) in [6, 6.07) is 10.6. The number of nitrogens with zero attached hydrogens (tertiary/aromatic N) is 3. The lowest BCUT2D eigenvalue weighted by Crippen LogP contribution is -2.32. The number of unbranched alkanes of at least 4 members (excludes halogenated alkanes) is 2. The van der Waals surface area contributed by atoms with Crippen LogP contribution in [0, 0.1) is 5.92 Å². The van der Waals surface area contributed by atoms with Crippen LogP contribution >= 0.6 is 0 Å². The standard InChI is InChI=1S/C23H35N3/c1-4-6-8-11-19(3)14-16-25-17-15-22-21(18-25)24-23(26(22)5-2)20-12-9-7-10-13-20/h7,9-10,12-13,19H,4-6,8,11,14-18H2,1-3H3. The van der Waals surface area contributed by atoms with E-state index in [1.54, 1.807) is 0 Å². The van der Waals surface area contributed by atoms with Crippen LogP contribution < -0.4 is 0 Å². The Labute approximate surface area is 159 Å². The van der Waals surface area contributed by atoms with Gasteiger partial charge in [-0.2, -0.15) is 0 Å². The fraction of sp³-hybridized carbons (Fsp3) is 0.609. The Morgan fingerprint density at radius 2 is 1.88 bits per heavy atom. The van der Waals surface area contributed by atoms with Gasteiger partial charge in [0.05, 0.1) is 5.69 Å². The summed E-state index contributed by atoms with van der Waals surface area (Å²) in [4.78, 5) is 7.66. The highest BCUT2D eigenvalue weighted by Gasteiger charge is 2.24. The first-order chi connectivity index (χ1) is 12.7. The number of hydrogen-bond acceptors (Lipinski definition) is 2. The molecular formula is C23H35N3. The second kappa shape index (κ2) is 9.36. The Bertz CT molecular complexity index is 674. The average Bonchev–Trinajstić information content (AvgIpc) is 3.05. The monoisotopic (exact) mass is 353 g/mol. The van der Waals surface area contributed by atoms with Crippen molar-refractivity contribution in [2.45, 2.75) is 72.4 Å². The van der Waals surface area contributed by atoms with Gasteiger partial charge in [0.2, 0.25) is 0 Å². The van der Waals surface area contributed by atoms with Crippen LogP contribution in [0.25, 0.3) is 11.4 Å². The number of imidazole rings is 1. The number of hydrogen-bond donors (Lipinski definition) is 0. The van der Waals surface area contributed by atoms with Crippen molar-refractivity contribution in [1.82, 2.24) is 14.5 Å². The first-order valence-electron chi connectivity index (χ1n) is 10.6. The normalized spacial score (nSPS) is 15.8. The molecule has 0 N–H and O–H groups in total. The van der Waals surface area contributed by atoms with Gasteiger partial charge in [-0.25, -0.2) is 4.98 Å². The van der Waals surface area contributed by atoms with Crippen molar-refractivity contribution in [3.63, 3.8) is 0 Å². The Balaban J connectivity index is 1.63. The highest BCUT2D eigenvalue weighted by Crippen LogP contribution is 2.27. The van der Waals surface area contributed by atoms with E-state index in [0.29, 0.717) is 0 Å². The molecule has 0 aliphatic carbocycles. The number of benzene rings is 1. The van der Waals surface area contributed by atoms with E-state index in [2.05, 4.69) is 60.6 Å². The maximum atomic E-state index is 5.05. The zero-order valence-corrected chi connectivity index (χ0v) is 16.9. The Hall–Kier alpha value is -1.61. The zero-order chi connectivity index (χ0) is 18.4. The van der Waals surface area contributed by atoms with Gasteiger partial charge in [-0.15, -0.1) is 0 Å². The highest BCUT2D eigenvalue weighted by atomic mass is 15.2. The predicted octanol–water partition coefficient (Wildman–Crippen LogP) is 5.53. The van der Waals surface area contributed by atoms with E-state index < -0.39 is 0 Å². The number of aromatic nitrogens is 2. The summed E-state index contributed by atoms with van der Waals surface area (Å²) in [6.45, 7) is 11.4. The van der Waals surface area contributed by atoms with Crippen molar-refractivity contribution >= 4 is 0 Å².